The van der Waals surface area contributed by atoms with Crippen LogP contribution in [0.15, 0.2) is 0 Å². The standard InChI is InChI=1S/C9H22N2/c1-5-6-8(4)9(11-10)7(2)3/h7-9,11H,5-6,10H2,1-4H3. The third-order valence-electron chi connectivity index (χ3n) is 2.27. The molecular formula is C9H22N2. The normalized spacial score (nSPS) is 16.9. The number of hydrazine groups is 1. The van der Waals surface area contributed by atoms with E-state index in [4.69, 9.17) is 5.84 Å². The lowest BCUT2D eigenvalue weighted by Crippen LogP contribution is -2.43. The Morgan fingerprint density at radius 3 is 2.09 bits per heavy atom. The molecule has 0 aromatic heterocycles. The first-order chi connectivity index (χ1) is 5.13. The van der Waals surface area contributed by atoms with Crippen LogP contribution in [0.1, 0.15) is 40.5 Å². The van der Waals surface area contributed by atoms with Crippen LogP contribution >= 0.6 is 0 Å². The predicted octanol–water partition coefficient (Wildman–Crippen LogP) is 1.91. The van der Waals surface area contributed by atoms with Gasteiger partial charge in [0.2, 0.25) is 0 Å². The van der Waals surface area contributed by atoms with Crippen molar-refractivity contribution in [3.63, 3.8) is 0 Å². The van der Waals surface area contributed by atoms with Gasteiger partial charge in [0.1, 0.15) is 0 Å². The van der Waals surface area contributed by atoms with Crippen molar-refractivity contribution < 1.29 is 0 Å². The number of hydrogen-bond donors (Lipinski definition) is 2. The summed E-state index contributed by atoms with van der Waals surface area (Å²) in [6.07, 6.45) is 2.50. The van der Waals surface area contributed by atoms with Gasteiger partial charge in [0.25, 0.3) is 0 Å². The van der Waals surface area contributed by atoms with Crippen LogP contribution in [-0.4, -0.2) is 6.04 Å². The topological polar surface area (TPSA) is 38.0 Å². The zero-order valence-electron chi connectivity index (χ0n) is 8.22. The van der Waals surface area contributed by atoms with Crippen LogP contribution in [0.25, 0.3) is 0 Å². The van der Waals surface area contributed by atoms with Crippen molar-refractivity contribution in [2.45, 2.75) is 46.6 Å². The minimum atomic E-state index is 0.468. The fraction of sp³-hybridized carbons (Fsp3) is 1.00. The molecule has 0 fully saturated rings. The van der Waals surface area contributed by atoms with E-state index in [1.165, 1.54) is 12.8 Å². The zero-order valence-corrected chi connectivity index (χ0v) is 8.22. The van der Waals surface area contributed by atoms with Crippen LogP contribution < -0.4 is 11.3 Å². The summed E-state index contributed by atoms with van der Waals surface area (Å²) in [5, 5.41) is 0. The second-order valence-corrected chi connectivity index (χ2v) is 3.70. The Balaban J connectivity index is 3.81. The number of rotatable bonds is 5. The highest BCUT2D eigenvalue weighted by atomic mass is 15.2. The van der Waals surface area contributed by atoms with Gasteiger partial charge >= 0.3 is 0 Å². The smallest absolute Gasteiger partial charge is 0.0259 e. The molecule has 2 atom stereocenters. The first-order valence-electron chi connectivity index (χ1n) is 4.59. The van der Waals surface area contributed by atoms with Crippen LogP contribution in [-0.2, 0) is 0 Å². The molecule has 0 saturated carbocycles. The molecule has 2 nitrogen and oxygen atoms in total. The summed E-state index contributed by atoms with van der Waals surface area (Å²) in [4.78, 5) is 0. The van der Waals surface area contributed by atoms with Gasteiger partial charge in [-0.25, -0.2) is 0 Å². The number of nitrogens with one attached hydrogen (secondary N) is 1. The Hall–Kier alpha value is -0.0800. The molecule has 0 aliphatic rings. The SMILES string of the molecule is CCCC(C)C(NN)C(C)C. The maximum absolute atomic E-state index is 5.45. The van der Waals surface area contributed by atoms with E-state index in [0.29, 0.717) is 17.9 Å². The van der Waals surface area contributed by atoms with E-state index in [0.717, 1.165) is 0 Å². The van der Waals surface area contributed by atoms with Crippen molar-refractivity contribution in [1.82, 2.24) is 5.43 Å². The van der Waals surface area contributed by atoms with Crippen molar-refractivity contribution >= 4 is 0 Å². The summed E-state index contributed by atoms with van der Waals surface area (Å²) < 4.78 is 0. The Morgan fingerprint density at radius 1 is 1.27 bits per heavy atom. The molecule has 0 aliphatic carbocycles. The molecule has 0 radical (unpaired) electrons. The molecule has 68 valence electrons. The molecular weight excluding hydrogens is 136 g/mol. The van der Waals surface area contributed by atoms with Crippen molar-refractivity contribution in [3.05, 3.63) is 0 Å². The molecule has 0 saturated heterocycles. The minimum absolute atomic E-state index is 0.468. The first kappa shape index (κ1) is 10.9. The lowest BCUT2D eigenvalue weighted by Gasteiger charge is -2.26. The van der Waals surface area contributed by atoms with E-state index in [1.807, 2.05) is 0 Å². The third kappa shape index (κ3) is 3.73. The van der Waals surface area contributed by atoms with Crippen LogP contribution in [0.4, 0.5) is 0 Å². The average molecular weight is 158 g/mol. The van der Waals surface area contributed by atoms with Crippen LogP contribution in [0, 0.1) is 11.8 Å². The van der Waals surface area contributed by atoms with E-state index in [2.05, 4.69) is 33.1 Å². The number of nitrogens with two attached hydrogens (primary N) is 1. The van der Waals surface area contributed by atoms with Crippen LogP contribution in [0.2, 0.25) is 0 Å². The van der Waals surface area contributed by atoms with E-state index in [1.54, 1.807) is 0 Å². The molecule has 3 N–H and O–H groups in total. The second kappa shape index (κ2) is 5.56. The van der Waals surface area contributed by atoms with Crippen molar-refractivity contribution in [2.24, 2.45) is 17.7 Å². The van der Waals surface area contributed by atoms with Crippen molar-refractivity contribution in [3.8, 4) is 0 Å². The van der Waals surface area contributed by atoms with Gasteiger partial charge in [0, 0.05) is 6.04 Å². The number of hydrogen-bond acceptors (Lipinski definition) is 2. The molecule has 2 heteroatoms. The highest BCUT2D eigenvalue weighted by Crippen LogP contribution is 2.16. The summed E-state index contributed by atoms with van der Waals surface area (Å²) in [7, 11) is 0. The quantitative estimate of drug-likeness (QED) is 0.474. The molecule has 11 heavy (non-hydrogen) atoms. The van der Waals surface area contributed by atoms with E-state index in [9.17, 15) is 0 Å². The lowest BCUT2D eigenvalue weighted by atomic mass is 9.89. The molecule has 0 aliphatic heterocycles. The van der Waals surface area contributed by atoms with Gasteiger partial charge in [-0.15, -0.1) is 0 Å². The molecule has 0 heterocycles. The second-order valence-electron chi connectivity index (χ2n) is 3.70. The highest BCUT2D eigenvalue weighted by molar-refractivity contribution is 4.73. The van der Waals surface area contributed by atoms with Crippen LogP contribution in [0.5, 0.6) is 0 Å². The maximum Gasteiger partial charge on any atom is 0.0259 e. The molecule has 0 spiro atoms. The summed E-state index contributed by atoms with van der Waals surface area (Å²) in [6.45, 7) is 8.88. The van der Waals surface area contributed by atoms with Gasteiger partial charge < -0.3 is 0 Å². The first-order valence-corrected chi connectivity index (χ1v) is 4.59. The average Bonchev–Trinajstić information content (AvgIpc) is 1.88. The van der Waals surface area contributed by atoms with Gasteiger partial charge in [-0.3, -0.25) is 11.3 Å². The summed E-state index contributed by atoms with van der Waals surface area (Å²) in [5.41, 5.74) is 2.89. The Labute approximate surface area is 70.5 Å². The Kier molecular flexibility index (Phi) is 5.51. The molecule has 0 amide bonds. The van der Waals surface area contributed by atoms with Gasteiger partial charge in [0.05, 0.1) is 0 Å². The fourth-order valence-corrected chi connectivity index (χ4v) is 1.65. The predicted molar refractivity (Wildman–Crippen MR) is 50.0 cm³/mol. The molecule has 2 unspecified atom stereocenters. The van der Waals surface area contributed by atoms with Gasteiger partial charge in [0.15, 0.2) is 0 Å². The van der Waals surface area contributed by atoms with Crippen molar-refractivity contribution in [1.29, 1.82) is 0 Å². The van der Waals surface area contributed by atoms with E-state index in [-0.39, 0.29) is 0 Å². The molecule has 0 aromatic rings. The maximum atomic E-state index is 5.45. The largest absolute Gasteiger partial charge is 0.271 e. The monoisotopic (exact) mass is 158 g/mol. The fourth-order valence-electron chi connectivity index (χ4n) is 1.65. The lowest BCUT2D eigenvalue weighted by molar-refractivity contribution is 0.287. The minimum Gasteiger partial charge on any atom is -0.271 e. The zero-order chi connectivity index (χ0) is 8.85. The molecule has 0 rings (SSSR count). The molecule has 0 bridgehead atoms. The third-order valence-corrected chi connectivity index (χ3v) is 2.27. The summed E-state index contributed by atoms with van der Waals surface area (Å²) in [5.74, 6) is 6.77. The van der Waals surface area contributed by atoms with Crippen LogP contribution in [0.3, 0.4) is 0 Å². The van der Waals surface area contributed by atoms with Gasteiger partial charge in [-0.05, 0) is 18.3 Å². The Morgan fingerprint density at radius 2 is 1.82 bits per heavy atom. The van der Waals surface area contributed by atoms with E-state index >= 15 is 0 Å². The van der Waals surface area contributed by atoms with Crippen molar-refractivity contribution in [2.75, 3.05) is 0 Å². The van der Waals surface area contributed by atoms with Gasteiger partial charge in [-0.2, -0.15) is 0 Å². The summed E-state index contributed by atoms with van der Waals surface area (Å²) in [6, 6.07) is 0.468. The van der Waals surface area contributed by atoms with Gasteiger partial charge in [-0.1, -0.05) is 34.1 Å². The highest BCUT2D eigenvalue weighted by Gasteiger charge is 2.17. The van der Waals surface area contributed by atoms with E-state index < -0.39 is 0 Å². The Bertz CT molecular complexity index is 91.6. The molecule has 0 aromatic carbocycles. The summed E-state index contributed by atoms with van der Waals surface area (Å²) >= 11 is 0.